The Morgan fingerprint density at radius 2 is 1.79 bits per heavy atom. The Hall–Kier alpha value is -3.09. The Morgan fingerprint density at radius 1 is 1.07 bits per heavy atom. The molecule has 0 saturated heterocycles. The van der Waals surface area contributed by atoms with Crippen molar-refractivity contribution >= 4 is 34.3 Å². The molecular weight excluding hydrogens is 375 g/mol. The molecule has 6 heteroatoms. The highest BCUT2D eigenvalue weighted by atomic mass is 32.1. The molecule has 0 unspecified atom stereocenters. The molecule has 142 valence electrons. The molecule has 3 rings (SSSR count). The van der Waals surface area contributed by atoms with Crippen LogP contribution in [-0.4, -0.2) is 15.2 Å². The largest absolute Gasteiger partial charge is 0.502 e. The molecule has 0 bridgehead atoms. The van der Waals surface area contributed by atoms with Gasteiger partial charge in [-0.15, -0.1) is 0 Å². The highest BCUT2D eigenvalue weighted by Crippen LogP contribution is 2.21. The molecule has 0 aliphatic rings. The number of halogens is 1. The summed E-state index contributed by atoms with van der Waals surface area (Å²) in [6, 6.07) is 16.7. The fourth-order valence-electron chi connectivity index (χ4n) is 2.74. The van der Waals surface area contributed by atoms with E-state index < -0.39 is 5.82 Å². The van der Waals surface area contributed by atoms with E-state index in [0.29, 0.717) is 16.8 Å². The number of aliphatic hydroxyl groups excluding tert-OH is 2. The lowest BCUT2D eigenvalue weighted by atomic mass is 10.1. The maximum absolute atomic E-state index is 13.3. The number of hydrogen-bond acceptors (Lipinski definition) is 3. The van der Waals surface area contributed by atoms with Crippen molar-refractivity contribution < 1.29 is 19.2 Å². The standard InChI is InChI=1S/C22H19FN2O2S/c1-15-5-2-3-7-19(15)24-22(28)20(25-12-4-6-16(13-25)14-26)21(27)17-8-10-18(23)11-9-17/h2-13,26H,14H2,1H3,(H-,24,27,28)/p+1. The van der Waals surface area contributed by atoms with Crippen LogP contribution < -0.4 is 9.88 Å². The van der Waals surface area contributed by atoms with Gasteiger partial charge < -0.3 is 15.5 Å². The van der Waals surface area contributed by atoms with E-state index in [9.17, 15) is 14.6 Å². The molecule has 1 aromatic heterocycles. The van der Waals surface area contributed by atoms with Gasteiger partial charge in [0.15, 0.2) is 23.1 Å². The molecule has 0 radical (unpaired) electrons. The maximum Gasteiger partial charge on any atom is 0.288 e. The molecule has 0 aliphatic heterocycles. The highest BCUT2D eigenvalue weighted by Gasteiger charge is 2.24. The number of nitrogens with one attached hydrogen (secondary N) is 1. The van der Waals surface area contributed by atoms with Crippen molar-refractivity contribution in [3.63, 3.8) is 0 Å². The molecule has 0 spiro atoms. The summed E-state index contributed by atoms with van der Waals surface area (Å²) < 4.78 is 14.9. The van der Waals surface area contributed by atoms with Gasteiger partial charge in [-0.05, 0) is 48.9 Å². The number of nitrogens with zero attached hydrogens (tertiary/aromatic N) is 1. The highest BCUT2D eigenvalue weighted by molar-refractivity contribution is 7.81. The number of hydrogen-bond donors (Lipinski definition) is 3. The quantitative estimate of drug-likeness (QED) is 0.262. The van der Waals surface area contributed by atoms with Gasteiger partial charge in [-0.3, -0.25) is 0 Å². The first-order chi connectivity index (χ1) is 13.5. The first-order valence-corrected chi connectivity index (χ1v) is 9.08. The zero-order chi connectivity index (χ0) is 20.1. The molecule has 0 atom stereocenters. The van der Waals surface area contributed by atoms with E-state index in [0.717, 1.165) is 11.3 Å². The summed E-state index contributed by atoms with van der Waals surface area (Å²) in [6.45, 7) is 1.80. The second kappa shape index (κ2) is 8.73. The molecule has 4 nitrogen and oxygen atoms in total. The van der Waals surface area contributed by atoms with E-state index in [-0.39, 0.29) is 17.4 Å². The summed E-state index contributed by atoms with van der Waals surface area (Å²) >= 11 is 5.59. The van der Waals surface area contributed by atoms with Crippen LogP contribution in [0, 0.1) is 12.7 Å². The topological polar surface area (TPSA) is 56.4 Å². The molecule has 0 fully saturated rings. The molecule has 2 aromatic carbocycles. The molecule has 28 heavy (non-hydrogen) atoms. The number of aliphatic hydroxyl groups is 2. The second-order valence-corrected chi connectivity index (χ2v) is 6.66. The lowest BCUT2D eigenvalue weighted by Gasteiger charge is -2.12. The monoisotopic (exact) mass is 395 g/mol. The van der Waals surface area contributed by atoms with Crippen LogP contribution in [0.2, 0.25) is 0 Å². The number of para-hydroxylation sites is 1. The lowest BCUT2D eigenvalue weighted by molar-refractivity contribution is -0.576. The summed E-state index contributed by atoms with van der Waals surface area (Å²) in [5, 5.41) is 23.6. The number of benzene rings is 2. The van der Waals surface area contributed by atoms with Crippen LogP contribution in [-0.2, 0) is 6.61 Å². The molecule has 0 aliphatic carbocycles. The fraction of sp³-hybridized carbons (Fsp3) is 0.0909. The zero-order valence-corrected chi connectivity index (χ0v) is 16.1. The normalized spacial score (nSPS) is 11.7. The van der Waals surface area contributed by atoms with Crippen LogP contribution in [0.25, 0.3) is 11.5 Å². The lowest BCUT2D eigenvalue weighted by Crippen LogP contribution is -2.39. The third-order valence-electron chi connectivity index (χ3n) is 4.25. The third kappa shape index (κ3) is 4.42. The van der Waals surface area contributed by atoms with Crippen molar-refractivity contribution in [2.24, 2.45) is 0 Å². The van der Waals surface area contributed by atoms with Crippen LogP contribution in [0.5, 0.6) is 0 Å². The van der Waals surface area contributed by atoms with Gasteiger partial charge in [-0.2, -0.15) is 4.57 Å². The zero-order valence-electron chi connectivity index (χ0n) is 15.3. The summed E-state index contributed by atoms with van der Waals surface area (Å²) in [5.74, 6) is -0.500. The Labute approximate surface area is 168 Å². The summed E-state index contributed by atoms with van der Waals surface area (Å²) in [7, 11) is 0. The smallest absolute Gasteiger partial charge is 0.288 e. The van der Waals surface area contributed by atoms with Crippen molar-refractivity contribution in [1.29, 1.82) is 0 Å². The van der Waals surface area contributed by atoms with Gasteiger partial charge in [-0.1, -0.05) is 30.4 Å². The Morgan fingerprint density at radius 3 is 2.46 bits per heavy atom. The third-order valence-corrected chi connectivity index (χ3v) is 4.55. The minimum atomic E-state index is -0.395. The van der Waals surface area contributed by atoms with Gasteiger partial charge in [0.1, 0.15) is 5.82 Å². The SMILES string of the molecule is Cc1ccccc1NC(=S)C(=C(O)c1ccc(F)cc1)[n+]1cccc(CO)c1. The van der Waals surface area contributed by atoms with E-state index in [4.69, 9.17) is 12.2 Å². The van der Waals surface area contributed by atoms with E-state index in [1.807, 2.05) is 31.2 Å². The summed E-state index contributed by atoms with van der Waals surface area (Å²) in [4.78, 5) is 0.288. The fourth-order valence-corrected chi connectivity index (χ4v) is 3.05. The summed E-state index contributed by atoms with van der Waals surface area (Å²) in [6.07, 6.45) is 3.40. The van der Waals surface area contributed by atoms with Crippen LogP contribution in [0.3, 0.4) is 0 Å². The van der Waals surface area contributed by atoms with Crippen LogP contribution in [0.15, 0.2) is 73.1 Å². The molecule has 3 N–H and O–H groups in total. The number of pyridine rings is 1. The van der Waals surface area contributed by atoms with Gasteiger partial charge in [0.25, 0.3) is 5.70 Å². The summed E-state index contributed by atoms with van der Waals surface area (Å²) in [5.41, 5.74) is 3.22. The van der Waals surface area contributed by atoms with Crippen molar-refractivity contribution in [3.05, 3.63) is 95.6 Å². The molecule has 1 heterocycles. The number of thiocarbonyl (C=S) groups is 1. The average molecular weight is 395 g/mol. The predicted octanol–water partition coefficient (Wildman–Crippen LogP) is 4.24. The van der Waals surface area contributed by atoms with E-state index in [1.54, 1.807) is 29.1 Å². The van der Waals surface area contributed by atoms with Crippen LogP contribution >= 0.6 is 12.2 Å². The number of aryl methyl sites for hydroxylation is 1. The van der Waals surface area contributed by atoms with E-state index in [1.165, 1.54) is 24.3 Å². The van der Waals surface area contributed by atoms with Gasteiger partial charge in [0.2, 0.25) is 0 Å². The first kappa shape index (κ1) is 19.7. The predicted molar refractivity (Wildman–Crippen MR) is 112 cm³/mol. The van der Waals surface area contributed by atoms with Gasteiger partial charge >= 0.3 is 0 Å². The Balaban J connectivity index is 2.10. The molecular formula is C22H20FN2O2S+. The van der Waals surface area contributed by atoms with Crippen molar-refractivity contribution in [3.8, 4) is 0 Å². The number of aromatic nitrogens is 1. The first-order valence-electron chi connectivity index (χ1n) is 8.67. The van der Waals surface area contributed by atoms with Gasteiger partial charge in [0, 0.05) is 22.9 Å². The maximum atomic E-state index is 13.3. The molecule has 3 aromatic rings. The minimum Gasteiger partial charge on any atom is -0.502 e. The number of anilines is 1. The van der Waals surface area contributed by atoms with Crippen molar-refractivity contribution in [2.75, 3.05) is 5.32 Å². The van der Waals surface area contributed by atoms with Crippen LogP contribution in [0.1, 0.15) is 16.7 Å². The molecule has 0 amide bonds. The van der Waals surface area contributed by atoms with Crippen LogP contribution in [0.4, 0.5) is 10.1 Å². The average Bonchev–Trinajstić information content (AvgIpc) is 2.70. The number of rotatable bonds is 5. The van der Waals surface area contributed by atoms with E-state index >= 15 is 0 Å². The van der Waals surface area contributed by atoms with E-state index in [2.05, 4.69) is 5.32 Å². The molecule has 0 saturated carbocycles. The van der Waals surface area contributed by atoms with Gasteiger partial charge in [-0.25, -0.2) is 4.39 Å². The second-order valence-electron chi connectivity index (χ2n) is 6.25. The minimum absolute atomic E-state index is 0.105. The van der Waals surface area contributed by atoms with Gasteiger partial charge in [0.05, 0.1) is 6.61 Å². The van der Waals surface area contributed by atoms with Crippen molar-refractivity contribution in [1.82, 2.24) is 0 Å². The Bertz CT molecular complexity index is 1030. The van der Waals surface area contributed by atoms with Crippen molar-refractivity contribution in [2.45, 2.75) is 13.5 Å². The Kier molecular flexibility index (Phi) is 6.13.